The molecule has 0 aromatic heterocycles. The monoisotopic (exact) mass is 243 g/mol. The Bertz CT molecular complexity index is 275. The minimum Gasteiger partial charge on any atom is -0.409 e. The van der Waals surface area contributed by atoms with Gasteiger partial charge in [-0.15, -0.1) is 0 Å². The minimum atomic E-state index is -0.570. The summed E-state index contributed by atoms with van der Waals surface area (Å²) in [5.74, 6) is 0.132. The van der Waals surface area contributed by atoms with Gasteiger partial charge in [-0.2, -0.15) is 0 Å². The molecule has 0 aromatic carbocycles. The molecule has 0 spiro atoms. The molecule has 5 heteroatoms. The summed E-state index contributed by atoms with van der Waals surface area (Å²) in [4.78, 5) is 11.9. The van der Waals surface area contributed by atoms with E-state index in [1.54, 1.807) is 0 Å². The largest absolute Gasteiger partial charge is 0.409 e. The fraction of sp³-hybridized carbons (Fsp3) is 0.833. The molecule has 0 bridgehead atoms. The number of hydrogen-bond acceptors (Lipinski definition) is 3. The summed E-state index contributed by atoms with van der Waals surface area (Å²) < 4.78 is 0. The van der Waals surface area contributed by atoms with Crippen LogP contribution in [-0.4, -0.2) is 23.5 Å². The van der Waals surface area contributed by atoms with Gasteiger partial charge in [0.05, 0.1) is 0 Å². The summed E-state index contributed by atoms with van der Waals surface area (Å²) in [6.07, 6.45) is 0. The molecule has 4 N–H and O–H groups in total. The Labute approximate surface area is 103 Å². The first-order valence-corrected chi connectivity index (χ1v) is 6.06. The molecule has 0 radical (unpaired) electrons. The zero-order chi connectivity index (χ0) is 13.6. The quantitative estimate of drug-likeness (QED) is 0.285. The Kier molecular flexibility index (Phi) is 6.61. The number of amidine groups is 1. The van der Waals surface area contributed by atoms with Crippen molar-refractivity contribution in [3.8, 4) is 0 Å². The van der Waals surface area contributed by atoms with Gasteiger partial charge in [-0.25, -0.2) is 0 Å². The number of carbonyl (C=O) groups excluding carboxylic acids is 1. The molecule has 0 aliphatic rings. The van der Waals surface area contributed by atoms with Crippen molar-refractivity contribution in [3.05, 3.63) is 0 Å². The second kappa shape index (κ2) is 7.14. The molecule has 0 fully saturated rings. The highest BCUT2D eigenvalue weighted by molar-refractivity contribution is 6.02. The van der Waals surface area contributed by atoms with E-state index in [2.05, 4.69) is 31.2 Å². The van der Waals surface area contributed by atoms with Gasteiger partial charge in [0, 0.05) is 6.54 Å². The van der Waals surface area contributed by atoms with Gasteiger partial charge in [-0.1, -0.05) is 39.8 Å². The van der Waals surface area contributed by atoms with Crippen molar-refractivity contribution in [1.82, 2.24) is 5.32 Å². The van der Waals surface area contributed by atoms with Crippen LogP contribution in [0.3, 0.4) is 0 Å². The lowest BCUT2D eigenvalue weighted by Gasteiger charge is -2.21. The smallest absolute Gasteiger partial charge is 0.231 e. The van der Waals surface area contributed by atoms with E-state index in [1.807, 2.05) is 13.8 Å². The van der Waals surface area contributed by atoms with E-state index in [0.29, 0.717) is 18.4 Å². The summed E-state index contributed by atoms with van der Waals surface area (Å²) in [5.41, 5.74) is 5.52. The van der Waals surface area contributed by atoms with E-state index in [-0.39, 0.29) is 17.7 Å². The average molecular weight is 243 g/mol. The van der Waals surface area contributed by atoms with E-state index in [0.717, 1.165) is 0 Å². The molecule has 0 heterocycles. The Balaban J connectivity index is 4.46. The number of amides is 1. The van der Waals surface area contributed by atoms with Crippen LogP contribution in [0, 0.1) is 23.7 Å². The molecule has 0 aromatic rings. The van der Waals surface area contributed by atoms with E-state index in [9.17, 15) is 4.79 Å². The summed E-state index contributed by atoms with van der Waals surface area (Å²) in [6, 6.07) is 0. The van der Waals surface area contributed by atoms with Crippen LogP contribution >= 0.6 is 0 Å². The van der Waals surface area contributed by atoms with E-state index in [4.69, 9.17) is 10.9 Å². The molecule has 17 heavy (non-hydrogen) atoms. The lowest BCUT2D eigenvalue weighted by molar-refractivity contribution is -0.124. The average Bonchev–Trinajstić information content (AvgIpc) is 2.24. The summed E-state index contributed by atoms with van der Waals surface area (Å²) in [7, 11) is 0. The van der Waals surface area contributed by atoms with Crippen molar-refractivity contribution < 1.29 is 10.0 Å². The van der Waals surface area contributed by atoms with Crippen molar-refractivity contribution >= 4 is 11.7 Å². The topological polar surface area (TPSA) is 87.7 Å². The highest BCUT2D eigenvalue weighted by atomic mass is 16.4. The van der Waals surface area contributed by atoms with Crippen LogP contribution in [0.2, 0.25) is 0 Å². The van der Waals surface area contributed by atoms with Gasteiger partial charge in [0.1, 0.15) is 5.92 Å². The van der Waals surface area contributed by atoms with Gasteiger partial charge in [0.2, 0.25) is 5.91 Å². The Morgan fingerprint density at radius 2 is 1.76 bits per heavy atom. The highest BCUT2D eigenvalue weighted by Gasteiger charge is 2.26. The second-order valence-corrected chi connectivity index (χ2v) is 5.21. The number of nitrogens with two attached hydrogens (primary N) is 1. The normalized spacial score (nSPS) is 16.1. The zero-order valence-corrected chi connectivity index (χ0v) is 11.4. The third-order valence-electron chi connectivity index (χ3n) is 3.12. The predicted molar refractivity (Wildman–Crippen MR) is 68.7 cm³/mol. The fourth-order valence-corrected chi connectivity index (χ4v) is 1.45. The molecule has 0 rings (SSSR count). The lowest BCUT2D eigenvalue weighted by atomic mass is 9.93. The van der Waals surface area contributed by atoms with Crippen molar-refractivity contribution in [1.29, 1.82) is 0 Å². The number of hydrogen-bond donors (Lipinski definition) is 3. The van der Waals surface area contributed by atoms with Crippen LogP contribution in [0.5, 0.6) is 0 Å². The second-order valence-electron chi connectivity index (χ2n) is 5.21. The van der Waals surface area contributed by atoms with Gasteiger partial charge < -0.3 is 16.3 Å². The summed E-state index contributed by atoms with van der Waals surface area (Å²) in [6.45, 7) is 10.7. The van der Waals surface area contributed by atoms with Gasteiger partial charge >= 0.3 is 0 Å². The summed E-state index contributed by atoms with van der Waals surface area (Å²) >= 11 is 0. The molecule has 2 atom stereocenters. The fourth-order valence-electron chi connectivity index (χ4n) is 1.45. The first-order valence-electron chi connectivity index (χ1n) is 6.06. The Morgan fingerprint density at radius 3 is 2.12 bits per heavy atom. The van der Waals surface area contributed by atoms with Crippen LogP contribution < -0.4 is 11.1 Å². The number of nitrogens with one attached hydrogen (secondary N) is 1. The third kappa shape index (κ3) is 5.06. The van der Waals surface area contributed by atoms with E-state index >= 15 is 0 Å². The standard InChI is InChI=1S/C12H25N3O2/c1-7(2)9(5)6-14-12(16)10(8(3)4)11(13)15-17/h7-10,17H,6H2,1-5H3,(H2,13,15)(H,14,16). The first kappa shape index (κ1) is 15.7. The highest BCUT2D eigenvalue weighted by Crippen LogP contribution is 2.12. The first-order chi connectivity index (χ1) is 7.81. The molecule has 0 saturated heterocycles. The van der Waals surface area contributed by atoms with Crippen LogP contribution in [0.25, 0.3) is 0 Å². The summed E-state index contributed by atoms with van der Waals surface area (Å²) in [5, 5.41) is 14.4. The van der Waals surface area contributed by atoms with E-state index in [1.165, 1.54) is 0 Å². The Hall–Kier alpha value is -1.26. The SMILES string of the molecule is CC(C)C(C)CNC(=O)C(C(N)=NO)C(C)C. The maximum Gasteiger partial charge on any atom is 0.231 e. The zero-order valence-electron chi connectivity index (χ0n) is 11.4. The number of carbonyl (C=O) groups is 1. The predicted octanol–water partition coefficient (Wildman–Crippen LogP) is 1.41. The molecule has 1 amide bonds. The van der Waals surface area contributed by atoms with Crippen molar-refractivity contribution in [3.63, 3.8) is 0 Å². The van der Waals surface area contributed by atoms with Gasteiger partial charge in [0.25, 0.3) is 0 Å². The number of nitrogens with zero attached hydrogens (tertiary/aromatic N) is 1. The van der Waals surface area contributed by atoms with Crippen LogP contribution in [-0.2, 0) is 4.79 Å². The van der Waals surface area contributed by atoms with Crippen molar-refractivity contribution in [2.75, 3.05) is 6.54 Å². The molecular weight excluding hydrogens is 218 g/mol. The van der Waals surface area contributed by atoms with Gasteiger partial charge in [-0.05, 0) is 17.8 Å². The number of oxime groups is 1. The van der Waals surface area contributed by atoms with Crippen molar-refractivity contribution in [2.24, 2.45) is 34.6 Å². The molecule has 2 unspecified atom stereocenters. The lowest BCUT2D eigenvalue weighted by Crippen LogP contribution is -2.43. The van der Waals surface area contributed by atoms with Gasteiger partial charge in [-0.3, -0.25) is 4.79 Å². The minimum absolute atomic E-state index is 0.000237. The molecule has 5 nitrogen and oxygen atoms in total. The Morgan fingerprint density at radius 1 is 1.24 bits per heavy atom. The maximum atomic E-state index is 11.9. The van der Waals surface area contributed by atoms with E-state index < -0.39 is 5.92 Å². The van der Waals surface area contributed by atoms with Crippen LogP contribution in [0.4, 0.5) is 0 Å². The van der Waals surface area contributed by atoms with Crippen LogP contribution in [0.15, 0.2) is 5.16 Å². The molecule has 0 saturated carbocycles. The maximum absolute atomic E-state index is 11.9. The van der Waals surface area contributed by atoms with Crippen molar-refractivity contribution in [2.45, 2.75) is 34.6 Å². The number of rotatable bonds is 6. The molecule has 100 valence electrons. The van der Waals surface area contributed by atoms with Crippen LogP contribution in [0.1, 0.15) is 34.6 Å². The van der Waals surface area contributed by atoms with Gasteiger partial charge in [0.15, 0.2) is 5.84 Å². The molecule has 0 aliphatic heterocycles. The molecular formula is C12H25N3O2. The molecule has 0 aliphatic carbocycles. The third-order valence-corrected chi connectivity index (χ3v) is 3.12.